The first-order valence-electron chi connectivity index (χ1n) is 7.81. The van der Waals surface area contributed by atoms with Crippen LogP contribution in [-0.2, 0) is 4.74 Å². The molecule has 2 fully saturated rings. The second-order valence-corrected chi connectivity index (χ2v) is 6.70. The van der Waals surface area contributed by atoms with Gasteiger partial charge in [0, 0.05) is 37.8 Å². The second-order valence-electron chi connectivity index (χ2n) is 6.70. The van der Waals surface area contributed by atoms with Crippen LogP contribution in [0, 0.1) is 5.92 Å². The van der Waals surface area contributed by atoms with E-state index in [0.717, 1.165) is 19.2 Å². The van der Waals surface area contributed by atoms with Crippen LogP contribution in [-0.4, -0.2) is 60.5 Å². The second kappa shape index (κ2) is 7.02. The summed E-state index contributed by atoms with van der Waals surface area (Å²) >= 11 is 0. The molecule has 0 amide bonds. The Bertz CT molecular complexity index is 269. The van der Waals surface area contributed by atoms with Gasteiger partial charge in [-0.25, -0.2) is 0 Å². The molecule has 1 saturated carbocycles. The van der Waals surface area contributed by atoms with E-state index in [1.54, 1.807) is 0 Å². The molecule has 4 heteroatoms. The lowest BCUT2D eigenvalue weighted by Crippen LogP contribution is -2.39. The van der Waals surface area contributed by atoms with Gasteiger partial charge in [0.25, 0.3) is 0 Å². The number of likely N-dealkylation sites (tertiary alicyclic amines) is 1. The fraction of sp³-hybridized carbons (Fsp3) is 1.00. The number of aliphatic hydroxyl groups is 1. The van der Waals surface area contributed by atoms with Crippen molar-refractivity contribution in [2.75, 3.05) is 26.3 Å². The molecule has 4 nitrogen and oxygen atoms in total. The molecule has 1 saturated heterocycles. The molecule has 0 aromatic rings. The highest BCUT2D eigenvalue weighted by atomic mass is 16.5. The Hall–Kier alpha value is -0.160. The minimum absolute atomic E-state index is 0.385. The van der Waals surface area contributed by atoms with Crippen molar-refractivity contribution < 1.29 is 9.84 Å². The van der Waals surface area contributed by atoms with Crippen molar-refractivity contribution in [3.8, 4) is 0 Å². The highest BCUT2D eigenvalue weighted by Gasteiger charge is 2.38. The van der Waals surface area contributed by atoms with Gasteiger partial charge in [0.1, 0.15) is 0 Å². The van der Waals surface area contributed by atoms with Crippen molar-refractivity contribution in [2.45, 2.75) is 64.3 Å². The molecule has 1 aliphatic carbocycles. The van der Waals surface area contributed by atoms with Gasteiger partial charge in [-0.1, -0.05) is 13.8 Å². The first-order chi connectivity index (χ1) is 9.06. The smallest absolute Gasteiger partial charge is 0.0897 e. The van der Waals surface area contributed by atoms with Gasteiger partial charge in [0.2, 0.25) is 0 Å². The predicted molar refractivity (Wildman–Crippen MR) is 77.3 cm³/mol. The summed E-state index contributed by atoms with van der Waals surface area (Å²) in [6.07, 6.45) is 3.57. The average Bonchev–Trinajstić information content (AvgIpc) is 3.10. The third-order valence-corrected chi connectivity index (χ3v) is 4.04. The molecule has 0 aromatic heterocycles. The van der Waals surface area contributed by atoms with Crippen LogP contribution >= 0.6 is 0 Å². The molecule has 2 rings (SSSR count). The zero-order chi connectivity index (χ0) is 13.8. The van der Waals surface area contributed by atoms with Gasteiger partial charge in [-0.2, -0.15) is 0 Å². The van der Waals surface area contributed by atoms with Crippen molar-refractivity contribution in [1.29, 1.82) is 0 Å². The number of nitrogens with zero attached hydrogens (tertiary/aromatic N) is 1. The molecular weight excluding hydrogens is 240 g/mol. The summed E-state index contributed by atoms with van der Waals surface area (Å²) in [7, 11) is 0. The third-order valence-electron chi connectivity index (χ3n) is 4.04. The maximum absolute atomic E-state index is 9.87. The molecule has 2 N–H and O–H groups in total. The highest BCUT2D eigenvalue weighted by molar-refractivity contribution is 4.96. The van der Waals surface area contributed by atoms with Crippen molar-refractivity contribution in [3.05, 3.63) is 0 Å². The van der Waals surface area contributed by atoms with Gasteiger partial charge in [0.15, 0.2) is 0 Å². The van der Waals surface area contributed by atoms with Crippen molar-refractivity contribution >= 4 is 0 Å². The summed E-state index contributed by atoms with van der Waals surface area (Å²) in [5.74, 6) is 0.531. The zero-order valence-electron chi connectivity index (χ0n) is 12.6. The fourth-order valence-corrected chi connectivity index (χ4v) is 2.92. The van der Waals surface area contributed by atoms with Crippen LogP contribution in [0.3, 0.4) is 0 Å². The topological polar surface area (TPSA) is 44.7 Å². The molecule has 0 radical (unpaired) electrons. The molecule has 0 bridgehead atoms. The van der Waals surface area contributed by atoms with Crippen molar-refractivity contribution in [1.82, 2.24) is 10.2 Å². The molecule has 112 valence electrons. The lowest BCUT2D eigenvalue weighted by Gasteiger charge is -2.20. The Balaban J connectivity index is 1.57. The molecular formula is C15H30N2O2. The predicted octanol–water partition coefficient (Wildman–Crippen LogP) is 1.23. The molecule has 0 spiro atoms. The standard InChI is InChI=1S/C15H30N2O2/c1-11(2)9-19-10-15(18)7-16-13-6-12(3)17(8-13)14-4-5-14/h11-16,18H,4-10H2,1-3H3. The van der Waals surface area contributed by atoms with Crippen LogP contribution in [0.1, 0.15) is 40.0 Å². The largest absolute Gasteiger partial charge is 0.389 e. The number of hydrogen-bond donors (Lipinski definition) is 2. The normalized spacial score (nSPS) is 30.2. The molecule has 1 heterocycles. The Labute approximate surface area is 117 Å². The van der Waals surface area contributed by atoms with Gasteiger partial charge in [-0.05, 0) is 32.1 Å². The fourth-order valence-electron chi connectivity index (χ4n) is 2.92. The minimum Gasteiger partial charge on any atom is -0.389 e. The summed E-state index contributed by atoms with van der Waals surface area (Å²) < 4.78 is 5.46. The van der Waals surface area contributed by atoms with Crippen LogP contribution < -0.4 is 5.32 Å². The number of nitrogens with one attached hydrogen (secondary N) is 1. The number of rotatable bonds is 8. The Morgan fingerprint density at radius 3 is 2.68 bits per heavy atom. The summed E-state index contributed by atoms with van der Waals surface area (Å²) in [4.78, 5) is 2.62. The lowest BCUT2D eigenvalue weighted by atomic mass is 10.2. The van der Waals surface area contributed by atoms with E-state index in [1.165, 1.54) is 19.3 Å². The lowest BCUT2D eigenvalue weighted by molar-refractivity contribution is 0.0251. The average molecular weight is 270 g/mol. The van der Waals surface area contributed by atoms with Gasteiger partial charge < -0.3 is 15.2 Å². The van der Waals surface area contributed by atoms with E-state index >= 15 is 0 Å². The minimum atomic E-state index is -0.385. The van der Waals surface area contributed by atoms with E-state index in [-0.39, 0.29) is 6.10 Å². The molecule has 1 aliphatic heterocycles. The molecule has 3 unspecified atom stereocenters. The molecule has 0 aromatic carbocycles. The number of aliphatic hydroxyl groups excluding tert-OH is 1. The first-order valence-corrected chi connectivity index (χ1v) is 7.81. The number of hydrogen-bond acceptors (Lipinski definition) is 4. The van der Waals surface area contributed by atoms with Crippen LogP contribution in [0.15, 0.2) is 0 Å². The Morgan fingerprint density at radius 2 is 2.05 bits per heavy atom. The summed E-state index contributed by atoms with van der Waals surface area (Å²) in [6.45, 7) is 9.53. The zero-order valence-corrected chi connectivity index (χ0v) is 12.6. The van der Waals surface area contributed by atoms with E-state index in [2.05, 4.69) is 31.0 Å². The SMILES string of the molecule is CC(C)COCC(O)CNC1CC(C)N(C2CC2)C1. The molecule has 2 aliphatic rings. The molecule has 19 heavy (non-hydrogen) atoms. The van der Waals surface area contributed by atoms with Gasteiger partial charge in [-0.3, -0.25) is 4.90 Å². The third kappa shape index (κ3) is 5.03. The number of ether oxygens (including phenoxy) is 1. The monoisotopic (exact) mass is 270 g/mol. The van der Waals surface area contributed by atoms with Gasteiger partial charge in [-0.15, -0.1) is 0 Å². The Kier molecular flexibility index (Phi) is 5.63. The van der Waals surface area contributed by atoms with Crippen LogP contribution in [0.25, 0.3) is 0 Å². The van der Waals surface area contributed by atoms with Crippen molar-refractivity contribution in [3.63, 3.8) is 0 Å². The van der Waals surface area contributed by atoms with E-state index in [9.17, 15) is 5.11 Å². The summed E-state index contributed by atoms with van der Waals surface area (Å²) in [5.41, 5.74) is 0. The molecule has 3 atom stereocenters. The van der Waals surface area contributed by atoms with Crippen molar-refractivity contribution in [2.24, 2.45) is 5.92 Å². The highest BCUT2D eigenvalue weighted by Crippen LogP contribution is 2.33. The van der Waals surface area contributed by atoms with Gasteiger partial charge in [0.05, 0.1) is 12.7 Å². The van der Waals surface area contributed by atoms with Gasteiger partial charge >= 0.3 is 0 Å². The summed E-state index contributed by atoms with van der Waals surface area (Å²) in [5, 5.41) is 13.4. The van der Waals surface area contributed by atoms with Crippen LogP contribution in [0.5, 0.6) is 0 Å². The van der Waals surface area contributed by atoms with E-state index < -0.39 is 0 Å². The first kappa shape index (κ1) is 15.2. The summed E-state index contributed by atoms with van der Waals surface area (Å²) in [6, 6.07) is 2.08. The van der Waals surface area contributed by atoms with Crippen LogP contribution in [0.2, 0.25) is 0 Å². The quantitative estimate of drug-likeness (QED) is 0.696. The van der Waals surface area contributed by atoms with E-state index in [1.807, 2.05) is 0 Å². The van der Waals surface area contributed by atoms with Crippen LogP contribution in [0.4, 0.5) is 0 Å². The van der Waals surface area contributed by atoms with E-state index in [0.29, 0.717) is 31.2 Å². The van der Waals surface area contributed by atoms with E-state index in [4.69, 9.17) is 4.74 Å². The maximum atomic E-state index is 9.87. The Morgan fingerprint density at radius 1 is 1.32 bits per heavy atom. The maximum Gasteiger partial charge on any atom is 0.0897 e.